The summed E-state index contributed by atoms with van der Waals surface area (Å²) in [5.41, 5.74) is -0.990. The monoisotopic (exact) mass is 333 g/mol. The molecule has 2 fully saturated rings. The van der Waals surface area contributed by atoms with E-state index in [0.29, 0.717) is 16.8 Å². The van der Waals surface area contributed by atoms with Gasteiger partial charge in [-0.3, -0.25) is 4.90 Å². The predicted octanol–water partition coefficient (Wildman–Crippen LogP) is 2.58. The van der Waals surface area contributed by atoms with Gasteiger partial charge in [0, 0.05) is 23.4 Å². The molecule has 3 heterocycles. The number of hydrogen-bond acceptors (Lipinski definition) is 5. The molecule has 22 heavy (non-hydrogen) atoms. The Morgan fingerprint density at radius 2 is 2.18 bits per heavy atom. The molecule has 3 rings (SSSR count). The fraction of sp³-hybridized carbons (Fsp3) is 0.714. The third kappa shape index (κ3) is 2.96. The van der Waals surface area contributed by atoms with Gasteiger partial charge in [-0.05, 0) is 32.2 Å². The average Bonchev–Trinajstić information content (AvgIpc) is 3.04. The Kier molecular flexibility index (Phi) is 4.35. The Balaban J connectivity index is 1.64. The zero-order chi connectivity index (χ0) is 15.8. The smallest absolute Gasteiger partial charge is 0.394 e. The molecule has 4 nitrogen and oxygen atoms in total. The third-order valence-electron chi connectivity index (χ3n) is 4.68. The number of aromatic nitrogens is 2. The molecule has 122 valence electrons. The molecule has 0 aliphatic carbocycles. The van der Waals surface area contributed by atoms with Crippen LogP contribution in [0.5, 0.6) is 0 Å². The molecule has 1 N–H and O–H groups in total. The molecule has 0 unspecified atom stereocenters. The number of aliphatic hydroxyl groups is 1. The standard InChI is InChI=1S/C14H18F3N3OS/c15-14(16,17)11-6-12(19-9-18-11)22-7-10-2-4-13(8-21)3-1-5-20(10)13/h6,9-10,21H,1-5,7-8H2/t10-,13-/m0/s1. The first kappa shape index (κ1) is 16.0. The first-order valence-corrected chi connectivity index (χ1v) is 8.33. The van der Waals surface area contributed by atoms with Gasteiger partial charge in [-0.25, -0.2) is 9.97 Å². The molecule has 2 saturated heterocycles. The van der Waals surface area contributed by atoms with Crippen LogP contribution in [0.15, 0.2) is 17.4 Å². The largest absolute Gasteiger partial charge is 0.433 e. The molecular formula is C14H18F3N3OS. The fourth-order valence-electron chi connectivity index (χ4n) is 3.57. The minimum Gasteiger partial charge on any atom is -0.394 e. The third-order valence-corrected chi connectivity index (χ3v) is 5.75. The maximum atomic E-state index is 12.6. The van der Waals surface area contributed by atoms with Crippen LogP contribution in [0.25, 0.3) is 0 Å². The zero-order valence-corrected chi connectivity index (χ0v) is 12.8. The topological polar surface area (TPSA) is 49.2 Å². The molecular weight excluding hydrogens is 315 g/mol. The summed E-state index contributed by atoms with van der Waals surface area (Å²) < 4.78 is 37.9. The van der Waals surface area contributed by atoms with E-state index in [9.17, 15) is 18.3 Å². The van der Waals surface area contributed by atoms with Gasteiger partial charge in [-0.1, -0.05) is 0 Å². The summed E-state index contributed by atoms with van der Waals surface area (Å²) in [7, 11) is 0. The number of nitrogens with zero attached hydrogens (tertiary/aromatic N) is 3. The van der Waals surface area contributed by atoms with Crippen molar-refractivity contribution in [1.29, 1.82) is 0 Å². The van der Waals surface area contributed by atoms with E-state index in [-0.39, 0.29) is 12.1 Å². The van der Waals surface area contributed by atoms with Gasteiger partial charge in [0.25, 0.3) is 0 Å². The molecule has 1 aromatic heterocycles. The quantitative estimate of drug-likeness (QED) is 0.678. The highest BCUT2D eigenvalue weighted by molar-refractivity contribution is 7.99. The molecule has 8 heteroatoms. The highest BCUT2D eigenvalue weighted by Gasteiger charge is 2.48. The molecule has 0 bridgehead atoms. The van der Waals surface area contributed by atoms with Crippen LogP contribution in [-0.4, -0.2) is 50.5 Å². The van der Waals surface area contributed by atoms with Crippen LogP contribution in [0.2, 0.25) is 0 Å². The van der Waals surface area contributed by atoms with E-state index in [1.807, 2.05) is 0 Å². The Morgan fingerprint density at radius 3 is 2.91 bits per heavy atom. The molecule has 2 aliphatic rings. The molecule has 0 radical (unpaired) electrons. The second-order valence-corrected chi connectivity index (χ2v) is 6.96. The number of rotatable bonds is 4. The van der Waals surface area contributed by atoms with E-state index in [0.717, 1.165) is 44.6 Å². The number of aliphatic hydroxyl groups excluding tert-OH is 1. The molecule has 0 amide bonds. The van der Waals surface area contributed by atoms with Crippen molar-refractivity contribution in [3.8, 4) is 0 Å². The van der Waals surface area contributed by atoms with Crippen LogP contribution in [0.1, 0.15) is 31.4 Å². The molecule has 2 atom stereocenters. The van der Waals surface area contributed by atoms with Gasteiger partial charge in [0.05, 0.1) is 6.61 Å². The minimum atomic E-state index is -4.44. The molecule has 1 aromatic rings. The first-order chi connectivity index (χ1) is 10.4. The number of hydrogen-bond donors (Lipinski definition) is 1. The summed E-state index contributed by atoms with van der Waals surface area (Å²) in [5.74, 6) is 0.691. The second-order valence-electron chi connectivity index (χ2n) is 5.92. The van der Waals surface area contributed by atoms with Gasteiger partial charge in [0.15, 0.2) is 0 Å². The number of halogens is 3. The molecule has 0 spiro atoms. The molecule has 0 aromatic carbocycles. The van der Waals surface area contributed by atoms with Gasteiger partial charge in [0.2, 0.25) is 0 Å². The number of thioether (sulfide) groups is 1. The predicted molar refractivity (Wildman–Crippen MR) is 76.5 cm³/mol. The van der Waals surface area contributed by atoms with Crippen molar-refractivity contribution in [3.63, 3.8) is 0 Å². The van der Waals surface area contributed by atoms with E-state index < -0.39 is 11.9 Å². The lowest BCUT2D eigenvalue weighted by atomic mass is 9.95. The Bertz CT molecular complexity index is 542. The normalized spacial score (nSPS) is 29.0. The summed E-state index contributed by atoms with van der Waals surface area (Å²) in [6, 6.07) is 1.30. The van der Waals surface area contributed by atoms with Crippen LogP contribution >= 0.6 is 11.8 Å². The van der Waals surface area contributed by atoms with Crippen LogP contribution < -0.4 is 0 Å². The Hall–Kier alpha value is -0.860. The SMILES string of the molecule is OC[C@@]12CCCN1[C@H](CSc1cc(C(F)(F)F)ncn1)CC2. The van der Waals surface area contributed by atoms with Gasteiger partial charge in [-0.2, -0.15) is 13.2 Å². The van der Waals surface area contributed by atoms with E-state index in [1.54, 1.807) is 0 Å². The lowest BCUT2D eigenvalue weighted by molar-refractivity contribution is -0.141. The fourth-order valence-corrected chi connectivity index (χ4v) is 4.59. The van der Waals surface area contributed by atoms with Gasteiger partial charge in [-0.15, -0.1) is 11.8 Å². The second kappa shape index (κ2) is 5.98. The minimum absolute atomic E-state index is 0.0893. The van der Waals surface area contributed by atoms with Crippen molar-refractivity contribution in [2.45, 2.75) is 48.5 Å². The number of alkyl halides is 3. The Labute approximate surface area is 131 Å². The van der Waals surface area contributed by atoms with Crippen LogP contribution in [0.3, 0.4) is 0 Å². The average molecular weight is 333 g/mol. The van der Waals surface area contributed by atoms with Crippen molar-refractivity contribution in [2.75, 3.05) is 18.9 Å². The summed E-state index contributed by atoms with van der Waals surface area (Å²) in [5, 5.41) is 10.0. The highest BCUT2D eigenvalue weighted by atomic mass is 32.2. The van der Waals surface area contributed by atoms with Crippen LogP contribution in [0.4, 0.5) is 13.2 Å². The maximum absolute atomic E-state index is 12.6. The lowest BCUT2D eigenvalue weighted by Gasteiger charge is -2.33. The van der Waals surface area contributed by atoms with Crippen molar-refractivity contribution in [3.05, 3.63) is 18.1 Å². The zero-order valence-electron chi connectivity index (χ0n) is 12.0. The number of fused-ring (bicyclic) bond motifs is 1. The summed E-state index contributed by atoms with van der Waals surface area (Å²) in [6.45, 7) is 1.13. The van der Waals surface area contributed by atoms with Crippen LogP contribution in [0, 0.1) is 0 Å². The Morgan fingerprint density at radius 1 is 1.36 bits per heavy atom. The van der Waals surface area contributed by atoms with Crippen molar-refractivity contribution >= 4 is 11.8 Å². The van der Waals surface area contributed by atoms with Gasteiger partial charge in [0.1, 0.15) is 17.0 Å². The molecule has 0 saturated carbocycles. The van der Waals surface area contributed by atoms with Crippen molar-refractivity contribution in [1.82, 2.24) is 14.9 Å². The summed E-state index contributed by atoms with van der Waals surface area (Å²) in [4.78, 5) is 9.53. The summed E-state index contributed by atoms with van der Waals surface area (Å²) in [6.07, 6.45) is 0.557. The van der Waals surface area contributed by atoms with E-state index in [2.05, 4.69) is 14.9 Å². The van der Waals surface area contributed by atoms with E-state index >= 15 is 0 Å². The molecule has 2 aliphatic heterocycles. The van der Waals surface area contributed by atoms with Gasteiger partial charge >= 0.3 is 6.18 Å². The highest BCUT2D eigenvalue weighted by Crippen LogP contribution is 2.43. The first-order valence-electron chi connectivity index (χ1n) is 7.34. The lowest BCUT2D eigenvalue weighted by Crippen LogP contribution is -2.45. The van der Waals surface area contributed by atoms with Crippen LogP contribution in [-0.2, 0) is 6.18 Å². The maximum Gasteiger partial charge on any atom is 0.433 e. The summed E-state index contributed by atoms with van der Waals surface area (Å²) >= 11 is 1.33. The van der Waals surface area contributed by atoms with Gasteiger partial charge < -0.3 is 5.11 Å². The van der Waals surface area contributed by atoms with Crippen molar-refractivity contribution < 1.29 is 18.3 Å². The van der Waals surface area contributed by atoms with Crippen molar-refractivity contribution in [2.24, 2.45) is 0 Å². The van der Waals surface area contributed by atoms with E-state index in [1.165, 1.54) is 11.8 Å². The van der Waals surface area contributed by atoms with E-state index in [4.69, 9.17) is 0 Å².